The van der Waals surface area contributed by atoms with Crippen molar-refractivity contribution in [3.63, 3.8) is 0 Å². The van der Waals surface area contributed by atoms with E-state index < -0.39 is 16.0 Å². The number of esters is 1. The molecular weight excluding hydrogens is 302 g/mol. The molecule has 6 nitrogen and oxygen atoms in total. The number of thiophene rings is 1. The molecule has 0 bridgehead atoms. The van der Waals surface area contributed by atoms with Gasteiger partial charge in [-0.1, -0.05) is 0 Å². The third-order valence-electron chi connectivity index (χ3n) is 2.65. The maximum atomic E-state index is 12.4. The summed E-state index contributed by atoms with van der Waals surface area (Å²) in [5.74, 6) is -0.143. The van der Waals surface area contributed by atoms with Crippen LogP contribution < -0.4 is 0 Å². The number of hydrogen-bond donors (Lipinski definition) is 0. The first-order valence-corrected chi connectivity index (χ1v) is 7.93. The lowest BCUT2D eigenvalue weighted by Gasteiger charge is -2.15. The summed E-state index contributed by atoms with van der Waals surface area (Å²) in [5.41, 5.74) is 0. The smallest absolute Gasteiger partial charge is 0.349 e. The van der Waals surface area contributed by atoms with Gasteiger partial charge in [0.15, 0.2) is 0 Å². The van der Waals surface area contributed by atoms with E-state index in [1.54, 1.807) is 17.5 Å². The van der Waals surface area contributed by atoms with E-state index >= 15 is 0 Å². The van der Waals surface area contributed by atoms with Gasteiger partial charge in [-0.25, -0.2) is 13.2 Å². The summed E-state index contributed by atoms with van der Waals surface area (Å²) in [4.78, 5) is 11.6. The highest BCUT2D eigenvalue weighted by Crippen LogP contribution is 2.26. The number of rotatable bonds is 5. The predicted molar refractivity (Wildman–Crippen MR) is 73.0 cm³/mol. The lowest BCUT2D eigenvalue weighted by molar-refractivity contribution is 0.0602. The zero-order valence-electron chi connectivity index (χ0n) is 10.9. The number of nitrogens with zero attached hydrogens (tertiary/aromatic N) is 1. The fraction of sp³-hybridized carbons (Fsp3) is 0.250. The Morgan fingerprint density at radius 3 is 2.80 bits per heavy atom. The van der Waals surface area contributed by atoms with Crippen molar-refractivity contribution in [2.24, 2.45) is 0 Å². The van der Waals surface area contributed by atoms with Crippen LogP contribution in [0.3, 0.4) is 0 Å². The van der Waals surface area contributed by atoms with Gasteiger partial charge in [0.1, 0.15) is 15.5 Å². The summed E-state index contributed by atoms with van der Waals surface area (Å²) in [6, 6.07) is 4.76. The van der Waals surface area contributed by atoms with E-state index in [2.05, 4.69) is 4.74 Å². The standard InChI is InChI=1S/C12H13NO5S2/c1-13(8-9-4-3-6-18-9)20(15,16)10-5-7-19-11(10)12(14)17-2/h3-7H,8H2,1-2H3. The first-order valence-electron chi connectivity index (χ1n) is 5.61. The highest BCUT2D eigenvalue weighted by Gasteiger charge is 2.28. The van der Waals surface area contributed by atoms with Gasteiger partial charge in [0.2, 0.25) is 10.0 Å². The van der Waals surface area contributed by atoms with Crippen LogP contribution in [-0.2, 0) is 21.3 Å². The Hall–Kier alpha value is -1.64. The van der Waals surface area contributed by atoms with Gasteiger partial charge in [0, 0.05) is 7.05 Å². The van der Waals surface area contributed by atoms with Gasteiger partial charge in [-0.3, -0.25) is 0 Å². The van der Waals surface area contributed by atoms with E-state index in [-0.39, 0.29) is 16.3 Å². The highest BCUT2D eigenvalue weighted by atomic mass is 32.2. The third kappa shape index (κ3) is 2.77. The molecule has 0 fully saturated rings. The molecule has 2 heterocycles. The second-order valence-electron chi connectivity index (χ2n) is 3.95. The van der Waals surface area contributed by atoms with Crippen LogP contribution in [-0.4, -0.2) is 32.8 Å². The van der Waals surface area contributed by atoms with E-state index in [1.807, 2.05) is 0 Å². The Kier molecular flexibility index (Phi) is 4.26. The second kappa shape index (κ2) is 5.78. The zero-order valence-corrected chi connectivity index (χ0v) is 12.5. The molecule has 0 aliphatic heterocycles. The molecule has 0 saturated heterocycles. The Morgan fingerprint density at radius 1 is 1.45 bits per heavy atom. The van der Waals surface area contributed by atoms with Crippen LogP contribution in [0.2, 0.25) is 0 Å². The molecule has 108 valence electrons. The number of carbonyl (C=O) groups excluding carboxylic acids is 1. The molecule has 0 unspecified atom stereocenters. The van der Waals surface area contributed by atoms with Crippen LogP contribution in [0, 0.1) is 0 Å². The van der Waals surface area contributed by atoms with Crippen LogP contribution in [0.5, 0.6) is 0 Å². The first kappa shape index (κ1) is 14.8. The Morgan fingerprint density at radius 2 is 2.20 bits per heavy atom. The summed E-state index contributed by atoms with van der Waals surface area (Å²) >= 11 is 1.03. The molecule has 8 heteroatoms. The lowest BCUT2D eigenvalue weighted by atomic mass is 10.4. The molecule has 0 spiro atoms. The van der Waals surface area contributed by atoms with E-state index in [0.717, 1.165) is 15.6 Å². The van der Waals surface area contributed by atoms with E-state index in [0.29, 0.717) is 5.76 Å². The van der Waals surface area contributed by atoms with Crippen molar-refractivity contribution in [3.05, 3.63) is 40.5 Å². The molecule has 0 aromatic carbocycles. The fourth-order valence-corrected chi connectivity index (χ4v) is 4.06. The average molecular weight is 315 g/mol. The minimum atomic E-state index is -3.77. The molecule has 0 N–H and O–H groups in total. The number of ether oxygens (including phenoxy) is 1. The first-order chi connectivity index (χ1) is 9.46. The fourth-order valence-electron chi connectivity index (χ4n) is 1.62. The van der Waals surface area contributed by atoms with Crippen molar-refractivity contribution in [1.29, 1.82) is 0 Å². The Balaban J connectivity index is 2.30. The zero-order chi connectivity index (χ0) is 14.8. The van der Waals surface area contributed by atoms with Crippen molar-refractivity contribution in [1.82, 2.24) is 4.31 Å². The van der Waals surface area contributed by atoms with Crippen LogP contribution in [0.15, 0.2) is 39.2 Å². The van der Waals surface area contributed by atoms with Crippen molar-refractivity contribution >= 4 is 27.3 Å². The van der Waals surface area contributed by atoms with Gasteiger partial charge in [0.25, 0.3) is 0 Å². The Labute approximate surface area is 120 Å². The van der Waals surface area contributed by atoms with Crippen molar-refractivity contribution in [3.8, 4) is 0 Å². The maximum absolute atomic E-state index is 12.4. The third-order valence-corrected chi connectivity index (χ3v) is 5.52. The molecule has 0 atom stereocenters. The molecule has 0 amide bonds. The van der Waals surface area contributed by atoms with Gasteiger partial charge in [-0.2, -0.15) is 4.31 Å². The molecular formula is C12H13NO5S2. The number of methoxy groups -OCH3 is 1. The lowest BCUT2D eigenvalue weighted by Crippen LogP contribution is -2.27. The summed E-state index contributed by atoms with van der Waals surface area (Å²) in [6.45, 7) is 0.0891. The minimum absolute atomic E-state index is 0.0524. The largest absolute Gasteiger partial charge is 0.468 e. The molecule has 2 rings (SSSR count). The molecule has 0 saturated carbocycles. The topological polar surface area (TPSA) is 76.8 Å². The van der Waals surface area contributed by atoms with Crippen LogP contribution in [0.4, 0.5) is 0 Å². The number of carbonyl (C=O) groups is 1. The van der Waals surface area contributed by atoms with Gasteiger partial charge in [-0.05, 0) is 23.6 Å². The number of furan rings is 1. The number of hydrogen-bond acceptors (Lipinski definition) is 6. The summed E-state index contributed by atoms with van der Waals surface area (Å²) in [5, 5.41) is 1.54. The van der Waals surface area contributed by atoms with Gasteiger partial charge in [-0.15, -0.1) is 11.3 Å². The van der Waals surface area contributed by atoms with Crippen LogP contribution >= 0.6 is 11.3 Å². The van der Waals surface area contributed by atoms with E-state index in [1.165, 1.54) is 26.5 Å². The monoisotopic (exact) mass is 315 g/mol. The number of sulfonamides is 1. The van der Waals surface area contributed by atoms with E-state index in [9.17, 15) is 13.2 Å². The van der Waals surface area contributed by atoms with Gasteiger partial charge in [0.05, 0.1) is 19.9 Å². The normalized spacial score (nSPS) is 11.8. The minimum Gasteiger partial charge on any atom is -0.468 e. The summed E-state index contributed by atoms with van der Waals surface area (Å²) in [6.07, 6.45) is 1.47. The van der Waals surface area contributed by atoms with Crippen LogP contribution in [0.25, 0.3) is 0 Å². The molecule has 0 aliphatic carbocycles. The molecule has 0 radical (unpaired) electrons. The van der Waals surface area contributed by atoms with Crippen molar-refractivity contribution < 1.29 is 22.4 Å². The SMILES string of the molecule is COC(=O)c1sccc1S(=O)(=O)N(C)Cc1ccco1. The maximum Gasteiger partial charge on any atom is 0.349 e. The van der Waals surface area contributed by atoms with Gasteiger partial charge >= 0.3 is 5.97 Å². The molecule has 20 heavy (non-hydrogen) atoms. The average Bonchev–Trinajstić information content (AvgIpc) is 3.08. The van der Waals surface area contributed by atoms with E-state index in [4.69, 9.17) is 4.42 Å². The molecule has 2 aromatic heterocycles. The predicted octanol–water partition coefficient (Wildman–Crippen LogP) is 1.95. The van der Waals surface area contributed by atoms with Crippen molar-refractivity contribution in [2.45, 2.75) is 11.4 Å². The quantitative estimate of drug-likeness (QED) is 0.788. The molecule has 0 aliphatic rings. The Bertz CT molecular complexity index is 687. The summed E-state index contributed by atoms with van der Waals surface area (Å²) in [7, 11) is -1.13. The van der Waals surface area contributed by atoms with Crippen LogP contribution in [0.1, 0.15) is 15.4 Å². The highest BCUT2D eigenvalue weighted by molar-refractivity contribution is 7.89. The summed E-state index contributed by atoms with van der Waals surface area (Å²) < 4.78 is 35.7. The van der Waals surface area contributed by atoms with Crippen molar-refractivity contribution in [2.75, 3.05) is 14.2 Å². The second-order valence-corrected chi connectivity index (χ2v) is 6.88. The van der Waals surface area contributed by atoms with Gasteiger partial charge < -0.3 is 9.15 Å². The molecule has 2 aromatic rings.